The lowest BCUT2D eigenvalue weighted by Gasteiger charge is -2.19. The molecule has 0 spiro atoms. The fraction of sp³-hybridized carbons (Fsp3) is 0.381. The van der Waals surface area contributed by atoms with Gasteiger partial charge in [0.1, 0.15) is 18.1 Å². The first-order chi connectivity index (χ1) is 13.8. The number of nitrogens with zero attached hydrogens (tertiary/aromatic N) is 1. The van der Waals surface area contributed by atoms with Crippen LogP contribution in [-0.4, -0.2) is 46.0 Å². The largest absolute Gasteiger partial charge is 0.497 e. The summed E-state index contributed by atoms with van der Waals surface area (Å²) in [5, 5.41) is 0. The van der Waals surface area contributed by atoms with Crippen LogP contribution in [0.4, 0.5) is 0 Å². The SMILES string of the molecule is CCN(CC)S(=O)(=O)c1ccc(C)c(C(=O)OCc2cc(OC)ccc2OC)c1. The summed E-state index contributed by atoms with van der Waals surface area (Å²) in [7, 11) is -0.601. The Bertz CT molecular complexity index is 967. The smallest absolute Gasteiger partial charge is 0.338 e. The number of methoxy groups -OCH3 is 2. The third kappa shape index (κ3) is 5.07. The van der Waals surface area contributed by atoms with Crippen molar-refractivity contribution in [1.29, 1.82) is 0 Å². The van der Waals surface area contributed by atoms with Crippen molar-refractivity contribution in [2.75, 3.05) is 27.3 Å². The fourth-order valence-electron chi connectivity index (χ4n) is 2.91. The predicted octanol–water partition coefficient (Wildman–Crippen LogP) is 3.40. The highest BCUT2D eigenvalue weighted by Gasteiger charge is 2.24. The summed E-state index contributed by atoms with van der Waals surface area (Å²) in [6.07, 6.45) is 0. The number of rotatable bonds is 9. The molecule has 29 heavy (non-hydrogen) atoms. The molecule has 0 radical (unpaired) electrons. The highest BCUT2D eigenvalue weighted by molar-refractivity contribution is 7.89. The van der Waals surface area contributed by atoms with Gasteiger partial charge in [-0.3, -0.25) is 0 Å². The molecule has 0 heterocycles. The van der Waals surface area contributed by atoms with Crippen LogP contribution < -0.4 is 9.47 Å². The minimum absolute atomic E-state index is 0.0360. The third-order valence-corrected chi connectivity index (χ3v) is 6.66. The van der Waals surface area contributed by atoms with Gasteiger partial charge >= 0.3 is 5.97 Å². The molecule has 2 aromatic carbocycles. The summed E-state index contributed by atoms with van der Waals surface area (Å²) in [5.41, 5.74) is 1.48. The van der Waals surface area contributed by atoms with Crippen molar-refractivity contribution in [1.82, 2.24) is 4.31 Å². The van der Waals surface area contributed by atoms with Crippen molar-refractivity contribution in [2.45, 2.75) is 32.3 Å². The van der Waals surface area contributed by atoms with Gasteiger partial charge in [-0.1, -0.05) is 19.9 Å². The van der Waals surface area contributed by atoms with Crippen molar-refractivity contribution in [3.05, 3.63) is 53.1 Å². The van der Waals surface area contributed by atoms with E-state index in [1.165, 1.54) is 23.5 Å². The first-order valence-electron chi connectivity index (χ1n) is 9.27. The molecule has 7 nitrogen and oxygen atoms in total. The van der Waals surface area contributed by atoms with Gasteiger partial charge in [0.05, 0.1) is 24.7 Å². The van der Waals surface area contributed by atoms with Gasteiger partial charge in [-0.25, -0.2) is 13.2 Å². The molecule has 0 aliphatic heterocycles. The Kier molecular flexibility index (Phi) is 7.64. The molecule has 0 amide bonds. The maximum absolute atomic E-state index is 12.8. The van der Waals surface area contributed by atoms with E-state index in [4.69, 9.17) is 14.2 Å². The van der Waals surface area contributed by atoms with E-state index in [1.54, 1.807) is 52.1 Å². The van der Waals surface area contributed by atoms with Crippen molar-refractivity contribution >= 4 is 16.0 Å². The minimum Gasteiger partial charge on any atom is -0.497 e. The van der Waals surface area contributed by atoms with E-state index in [2.05, 4.69) is 0 Å². The second kappa shape index (κ2) is 9.76. The Hall–Kier alpha value is -2.58. The fourth-order valence-corrected chi connectivity index (χ4v) is 4.39. The van der Waals surface area contributed by atoms with Gasteiger partial charge in [0, 0.05) is 18.7 Å². The molecule has 2 aromatic rings. The van der Waals surface area contributed by atoms with Crippen LogP contribution in [-0.2, 0) is 21.4 Å². The minimum atomic E-state index is -3.67. The summed E-state index contributed by atoms with van der Waals surface area (Å²) < 4.78 is 42.8. The zero-order valence-corrected chi connectivity index (χ0v) is 18.2. The monoisotopic (exact) mass is 421 g/mol. The number of hydrogen-bond donors (Lipinski definition) is 0. The molecule has 0 fully saturated rings. The molecule has 0 aliphatic carbocycles. The average Bonchev–Trinajstić information content (AvgIpc) is 2.72. The van der Waals surface area contributed by atoms with E-state index in [1.807, 2.05) is 0 Å². The maximum Gasteiger partial charge on any atom is 0.338 e. The second-order valence-electron chi connectivity index (χ2n) is 6.32. The molecule has 0 saturated carbocycles. The molecular formula is C21H27NO6S. The third-order valence-electron chi connectivity index (χ3n) is 4.62. The van der Waals surface area contributed by atoms with E-state index >= 15 is 0 Å². The van der Waals surface area contributed by atoms with E-state index in [9.17, 15) is 13.2 Å². The number of esters is 1. The van der Waals surface area contributed by atoms with Gasteiger partial charge in [-0.05, 0) is 42.8 Å². The van der Waals surface area contributed by atoms with Crippen molar-refractivity contribution in [3.63, 3.8) is 0 Å². The summed E-state index contributed by atoms with van der Waals surface area (Å²) in [6.45, 7) is 5.93. The van der Waals surface area contributed by atoms with Crippen molar-refractivity contribution < 1.29 is 27.4 Å². The van der Waals surface area contributed by atoms with Gasteiger partial charge in [-0.15, -0.1) is 0 Å². The Balaban J connectivity index is 2.28. The molecule has 0 unspecified atom stereocenters. The van der Waals surface area contributed by atoms with Crippen LogP contribution in [0.2, 0.25) is 0 Å². The zero-order chi connectivity index (χ0) is 21.6. The normalized spacial score (nSPS) is 11.4. The predicted molar refractivity (Wildman–Crippen MR) is 110 cm³/mol. The topological polar surface area (TPSA) is 82.1 Å². The number of sulfonamides is 1. The zero-order valence-electron chi connectivity index (χ0n) is 17.4. The first kappa shape index (κ1) is 22.7. The molecule has 2 rings (SSSR count). The number of benzene rings is 2. The summed E-state index contributed by atoms with van der Waals surface area (Å²) >= 11 is 0. The van der Waals surface area contributed by atoms with E-state index < -0.39 is 16.0 Å². The van der Waals surface area contributed by atoms with Crippen LogP contribution in [0.15, 0.2) is 41.3 Å². The molecular weight excluding hydrogens is 394 g/mol. The molecule has 0 N–H and O–H groups in total. The van der Waals surface area contributed by atoms with Crippen LogP contribution in [0.3, 0.4) is 0 Å². The van der Waals surface area contributed by atoms with Crippen LogP contribution in [0.1, 0.15) is 35.3 Å². The van der Waals surface area contributed by atoms with Crippen LogP contribution in [0.25, 0.3) is 0 Å². The van der Waals surface area contributed by atoms with Gasteiger partial charge in [-0.2, -0.15) is 4.31 Å². The van der Waals surface area contributed by atoms with Crippen molar-refractivity contribution in [2.24, 2.45) is 0 Å². The Morgan fingerprint density at radius 1 is 1.00 bits per heavy atom. The van der Waals surface area contributed by atoms with E-state index in [-0.39, 0.29) is 17.1 Å². The number of hydrogen-bond acceptors (Lipinski definition) is 6. The van der Waals surface area contributed by atoms with E-state index in [0.29, 0.717) is 35.7 Å². The lowest BCUT2D eigenvalue weighted by atomic mass is 10.1. The lowest BCUT2D eigenvalue weighted by Crippen LogP contribution is -2.30. The molecule has 8 heteroatoms. The average molecular weight is 422 g/mol. The Labute approximate surface area is 172 Å². The molecule has 0 aromatic heterocycles. The van der Waals surface area contributed by atoms with Gasteiger partial charge in [0.25, 0.3) is 0 Å². The van der Waals surface area contributed by atoms with Gasteiger partial charge in [0.15, 0.2) is 0 Å². The van der Waals surface area contributed by atoms with Crippen LogP contribution >= 0.6 is 0 Å². The Morgan fingerprint density at radius 3 is 2.28 bits per heavy atom. The molecule has 0 bridgehead atoms. The molecule has 0 aliphatic rings. The van der Waals surface area contributed by atoms with Crippen LogP contribution in [0.5, 0.6) is 11.5 Å². The molecule has 0 atom stereocenters. The molecule has 0 saturated heterocycles. The van der Waals surface area contributed by atoms with Crippen LogP contribution in [0, 0.1) is 6.92 Å². The number of carbonyl (C=O) groups excluding carboxylic acids is 1. The Morgan fingerprint density at radius 2 is 1.69 bits per heavy atom. The highest BCUT2D eigenvalue weighted by atomic mass is 32.2. The lowest BCUT2D eigenvalue weighted by molar-refractivity contribution is 0.0468. The maximum atomic E-state index is 12.8. The quantitative estimate of drug-likeness (QED) is 0.577. The first-order valence-corrected chi connectivity index (χ1v) is 10.7. The number of ether oxygens (including phenoxy) is 3. The number of aryl methyl sites for hydroxylation is 1. The second-order valence-corrected chi connectivity index (χ2v) is 8.26. The van der Waals surface area contributed by atoms with Gasteiger partial charge in [0.2, 0.25) is 10.0 Å². The van der Waals surface area contributed by atoms with Gasteiger partial charge < -0.3 is 14.2 Å². The van der Waals surface area contributed by atoms with E-state index in [0.717, 1.165) is 0 Å². The number of carbonyl (C=O) groups is 1. The molecule has 158 valence electrons. The summed E-state index contributed by atoms with van der Waals surface area (Å²) in [4.78, 5) is 12.7. The standard InChI is InChI=1S/C21H27NO6S/c1-6-22(7-2)29(24,25)18-10-8-15(3)19(13-18)21(23)28-14-16-12-17(26-4)9-11-20(16)27-5/h8-13H,6-7,14H2,1-5H3. The summed E-state index contributed by atoms with van der Waals surface area (Å²) in [6, 6.07) is 9.68. The highest BCUT2D eigenvalue weighted by Crippen LogP contribution is 2.26. The summed E-state index contributed by atoms with van der Waals surface area (Å²) in [5.74, 6) is 0.567. The van der Waals surface area contributed by atoms with Crippen molar-refractivity contribution in [3.8, 4) is 11.5 Å².